The van der Waals surface area contributed by atoms with Gasteiger partial charge in [-0.15, -0.1) is 0 Å². The molecule has 0 aromatic carbocycles. The first-order chi connectivity index (χ1) is 0. The van der Waals surface area contributed by atoms with E-state index in [2.05, 4.69) is 0 Å². The Balaban J connectivity index is 0. The van der Waals surface area contributed by atoms with Crippen molar-refractivity contribution in [3.63, 3.8) is 0 Å². The summed E-state index contributed by atoms with van der Waals surface area (Å²) < 4.78 is 0. The first-order valence-corrected chi connectivity index (χ1v) is 0. The Labute approximate surface area is 97.0 Å². The zero-order valence-electron chi connectivity index (χ0n) is 4.67. The molecule has 0 N–H and O–H groups in total. The molecular formula is C3H9IrV3-. The maximum absolute atomic E-state index is 0. The van der Waals surface area contributed by atoms with Crippen LogP contribution < -0.4 is 0 Å². The van der Waals surface area contributed by atoms with Crippen LogP contribution in [0.15, 0.2) is 0 Å². The molecule has 0 fully saturated rings. The van der Waals surface area contributed by atoms with Gasteiger partial charge in [0.15, 0.2) is 0 Å². The summed E-state index contributed by atoms with van der Waals surface area (Å²) in [5.41, 5.74) is 0. The second-order valence-electron chi connectivity index (χ2n) is 0. The van der Waals surface area contributed by atoms with Gasteiger partial charge in [-0.25, -0.2) is 0 Å². The number of rotatable bonds is 0. The summed E-state index contributed by atoms with van der Waals surface area (Å²) in [6, 6.07) is 0. The Morgan fingerprint density at radius 2 is 0.571 bits per heavy atom. The van der Waals surface area contributed by atoms with E-state index < -0.39 is 0 Å². The van der Waals surface area contributed by atoms with Gasteiger partial charge in [0.2, 0.25) is 0 Å². The monoisotopic (exact) mass is 391 g/mol. The van der Waals surface area contributed by atoms with Crippen molar-refractivity contribution in [3.05, 3.63) is 22.3 Å². The van der Waals surface area contributed by atoms with Crippen LogP contribution >= 0.6 is 0 Å². The van der Waals surface area contributed by atoms with E-state index in [1.165, 1.54) is 0 Å². The molecule has 0 saturated heterocycles. The third-order valence-electron chi connectivity index (χ3n) is 0. The van der Waals surface area contributed by atoms with E-state index in [9.17, 15) is 0 Å². The second-order valence-corrected chi connectivity index (χ2v) is 0. The molecule has 0 spiro atoms. The van der Waals surface area contributed by atoms with Crippen molar-refractivity contribution in [2.45, 2.75) is 0 Å². The zero-order valence-corrected chi connectivity index (χ0v) is 11.3. The van der Waals surface area contributed by atoms with Crippen molar-refractivity contribution in [2.75, 3.05) is 0 Å². The molecule has 0 aromatic rings. The minimum atomic E-state index is 0. The standard InChI is InChI=1S/3CH3.Ir.3V/h3*1H3;;;;/q3*-1;;;;+2. The largest absolute Gasteiger partial charge is 2.00 e. The molecule has 0 heterocycles. The van der Waals surface area contributed by atoms with E-state index >= 15 is 0 Å². The van der Waals surface area contributed by atoms with E-state index in [0.29, 0.717) is 0 Å². The van der Waals surface area contributed by atoms with Crippen molar-refractivity contribution >= 4 is 0 Å². The fourth-order valence-electron chi connectivity index (χ4n) is 0. The summed E-state index contributed by atoms with van der Waals surface area (Å²) in [6.45, 7) is 0. The summed E-state index contributed by atoms with van der Waals surface area (Å²) >= 11 is 0. The quantitative estimate of drug-likeness (QED) is 0.548. The molecule has 0 unspecified atom stereocenters. The molecule has 46 valence electrons. The van der Waals surface area contributed by atoms with Gasteiger partial charge in [0.1, 0.15) is 0 Å². The van der Waals surface area contributed by atoms with Crippen molar-refractivity contribution in [1.29, 1.82) is 0 Å². The van der Waals surface area contributed by atoms with Crippen molar-refractivity contribution in [2.24, 2.45) is 0 Å². The number of hydrogen-bond acceptors (Lipinski definition) is 0. The summed E-state index contributed by atoms with van der Waals surface area (Å²) in [7, 11) is 0. The first-order valence-electron chi connectivity index (χ1n) is 0. The van der Waals surface area contributed by atoms with Gasteiger partial charge in [-0.3, -0.25) is 0 Å². The molecule has 0 rings (SSSR count). The van der Waals surface area contributed by atoms with E-state index in [0.717, 1.165) is 0 Å². The molecule has 0 amide bonds. The van der Waals surface area contributed by atoms with Crippen molar-refractivity contribution in [1.82, 2.24) is 0 Å². The molecule has 7 heavy (non-hydrogen) atoms. The predicted molar refractivity (Wildman–Crippen MR) is 19.2 cm³/mol. The molecule has 0 aliphatic carbocycles. The summed E-state index contributed by atoms with van der Waals surface area (Å²) in [5, 5.41) is 0. The molecule has 0 saturated carbocycles. The molecule has 0 aromatic heterocycles. The molecule has 0 aliphatic heterocycles. The van der Waals surface area contributed by atoms with E-state index in [1.54, 1.807) is 0 Å². The Bertz CT molecular complexity index is 10.1. The van der Waals surface area contributed by atoms with Crippen LogP contribution in [0.3, 0.4) is 0 Å². The molecule has 0 nitrogen and oxygen atoms in total. The van der Waals surface area contributed by atoms with Gasteiger partial charge in [-0.05, 0) is 0 Å². The summed E-state index contributed by atoms with van der Waals surface area (Å²) in [6.07, 6.45) is 0. The molecule has 4 heteroatoms. The van der Waals surface area contributed by atoms with E-state index in [4.69, 9.17) is 0 Å². The minimum Gasteiger partial charge on any atom is -0.358 e. The smallest absolute Gasteiger partial charge is 0.358 e. The number of hydrogen-bond donors (Lipinski definition) is 0. The average molecular weight is 390 g/mol. The van der Waals surface area contributed by atoms with Gasteiger partial charge >= 0.3 is 18.6 Å². The minimum absolute atomic E-state index is 0. The van der Waals surface area contributed by atoms with Crippen LogP contribution in [-0.2, 0) is 75.8 Å². The van der Waals surface area contributed by atoms with Crippen LogP contribution in [0, 0.1) is 22.3 Å². The van der Waals surface area contributed by atoms with Gasteiger partial charge < -0.3 is 22.3 Å². The van der Waals surface area contributed by atoms with Gasteiger partial charge in [-0.1, -0.05) is 0 Å². The van der Waals surface area contributed by atoms with E-state index in [-0.39, 0.29) is 98.1 Å². The topological polar surface area (TPSA) is 0 Å². The van der Waals surface area contributed by atoms with Crippen LogP contribution in [0.1, 0.15) is 0 Å². The van der Waals surface area contributed by atoms with Crippen LogP contribution in [0.4, 0.5) is 0 Å². The van der Waals surface area contributed by atoms with E-state index in [1.807, 2.05) is 0 Å². The molecule has 0 bridgehead atoms. The van der Waals surface area contributed by atoms with Gasteiger partial charge in [0.05, 0.1) is 0 Å². The Kier molecular flexibility index (Phi) is 1310. The maximum Gasteiger partial charge on any atom is 2.00 e. The van der Waals surface area contributed by atoms with Crippen LogP contribution in [0.25, 0.3) is 0 Å². The third-order valence-corrected chi connectivity index (χ3v) is 0. The summed E-state index contributed by atoms with van der Waals surface area (Å²) in [4.78, 5) is 0. The van der Waals surface area contributed by atoms with Crippen molar-refractivity contribution < 1.29 is 75.8 Å². The third kappa shape index (κ3) is 59.7. The zero-order chi connectivity index (χ0) is 0. The average Bonchev–Trinajstić information content (AvgIpc) is 0. The van der Waals surface area contributed by atoms with Crippen LogP contribution in [0.2, 0.25) is 0 Å². The molecule has 4 radical (unpaired) electrons. The predicted octanol–water partition coefficient (Wildman–Crippen LogP) is 1.34. The van der Waals surface area contributed by atoms with Gasteiger partial charge in [0.25, 0.3) is 0 Å². The first kappa shape index (κ1) is 115. The Morgan fingerprint density at radius 1 is 0.571 bits per heavy atom. The Morgan fingerprint density at radius 3 is 0.571 bits per heavy atom. The summed E-state index contributed by atoms with van der Waals surface area (Å²) in [5.74, 6) is 0. The maximum atomic E-state index is 0. The fraction of sp³-hybridized carbons (Fsp3) is 0. The second kappa shape index (κ2) is 79.8. The SMILES string of the molecule is [CH3-].[CH3-].[CH3-].[Ir].[V+2].[V].[V]. The van der Waals surface area contributed by atoms with Gasteiger partial charge in [-0.2, -0.15) is 0 Å². The van der Waals surface area contributed by atoms with Gasteiger partial charge in [0, 0.05) is 57.2 Å². The van der Waals surface area contributed by atoms with Crippen LogP contribution in [-0.4, -0.2) is 0 Å². The molecular weight excluding hydrogens is 381 g/mol. The molecule has 0 aliphatic rings. The normalized spacial score (nSPS) is 0. The van der Waals surface area contributed by atoms with Crippen LogP contribution in [0.5, 0.6) is 0 Å². The fourth-order valence-corrected chi connectivity index (χ4v) is 0. The van der Waals surface area contributed by atoms with Crippen molar-refractivity contribution in [3.8, 4) is 0 Å². The molecule has 0 atom stereocenters. The Hall–Kier alpha value is 2.40.